The van der Waals surface area contributed by atoms with Crippen molar-refractivity contribution in [3.05, 3.63) is 35.2 Å². The second kappa shape index (κ2) is 5.88. The first-order valence-electron chi connectivity index (χ1n) is 9.17. The Morgan fingerprint density at radius 1 is 1.21 bits per heavy atom. The molecule has 0 bridgehead atoms. The van der Waals surface area contributed by atoms with Crippen molar-refractivity contribution < 1.29 is 13.9 Å². The summed E-state index contributed by atoms with van der Waals surface area (Å²) in [4.78, 5) is 32.2. The predicted molar refractivity (Wildman–Crippen MR) is 100.0 cm³/mol. The number of nitrogens with one attached hydrogen (secondary N) is 1. The minimum absolute atomic E-state index is 0.0135. The Morgan fingerprint density at radius 3 is 2.75 bits per heavy atom. The summed E-state index contributed by atoms with van der Waals surface area (Å²) in [6.45, 7) is 4.70. The second-order valence-corrected chi connectivity index (χ2v) is 7.59. The van der Waals surface area contributed by atoms with Crippen LogP contribution in [-0.4, -0.2) is 43.4 Å². The van der Waals surface area contributed by atoms with Crippen molar-refractivity contribution in [3.8, 4) is 5.88 Å². The van der Waals surface area contributed by atoms with Crippen molar-refractivity contribution in [3.63, 3.8) is 0 Å². The second-order valence-electron chi connectivity index (χ2n) is 7.59. The van der Waals surface area contributed by atoms with Crippen LogP contribution in [0.2, 0.25) is 0 Å². The van der Waals surface area contributed by atoms with Crippen LogP contribution in [0.25, 0.3) is 11.1 Å². The first kappa shape index (κ1) is 16.9. The molecule has 1 aliphatic heterocycles. The highest BCUT2D eigenvalue weighted by Gasteiger charge is 2.39. The molecule has 1 saturated carbocycles. The van der Waals surface area contributed by atoms with Crippen LogP contribution in [0.15, 0.2) is 17.1 Å². The van der Waals surface area contributed by atoms with E-state index in [0.717, 1.165) is 24.1 Å². The van der Waals surface area contributed by atoms with Crippen molar-refractivity contribution in [1.82, 2.24) is 24.8 Å². The molecule has 3 aromatic heterocycles. The lowest BCUT2D eigenvalue weighted by Crippen LogP contribution is -2.26. The number of methoxy groups -OCH3 is 1. The maximum atomic E-state index is 13.4. The molecule has 0 atom stereocenters. The third-order valence-electron chi connectivity index (χ3n) is 5.46. The summed E-state index contributed by atoms with van der Waals surface area (Å²) >= 11 is 0. The number of hydrogen-bond acceptors (Lipinski definition) is 8. The minimum Gasteiger partial charge on any atom is -0.481 e. The first-order chi connectivity index (χ1) is 13.5. The van der Waals surface area contributed by atoms with Crippen LogP contribution in [0.4, 0.5) is 5.82 Å². The SMILES string of the molecule is COc1ncnc2c1CN(C(=O)c1c(C)oc3ncnc(NC4(C)CC4)c13)C2. The molecule has 3 aromatic rings. The van der Waals surface area contributed by atoms with Crippen LogP contribution in [-0.2, 0) is 13.1 Å². The molecule has 0 aromatic carbocycles. The first-order valence-corrected chi connectivity index (χ1v) is 9.17. The number of nitrogens with zero attached hydrogens (tertiary/aromatic N) is 5. The molecular weight excluding hydrogens is 360 g/mol. The van der Waals surface area contributed by atoms with E-state index in [9.17, 15) is 4.79 Å². The van der Waals surface area contributed by atoms with Gasteiger partial charge < -0.3 is 19.4 Å². The largest absolute Gasteiger partial charge is 0.481 e. The Labute approximate surface area is 161 Å². The van der Waals surface area contributed by atoms with Crippen LogP contribution in [0.5, 0.6) is 5.88 Å². The summed E-state index contributed by atoms with van der Waals surface area (Å²) in [5.41, 5.74) is 2.55. The van der Waals surface area contributed by atoms with Crippen molar-refractivity contribution in [1.29, 1.82) is 0 Å². The van der Waals surface area contributed by atoms with Gasteiger partial charge in [0.1, 0.15) is 24.2 Å². The molecule has 0 spiro atoms. The van der Waals surface area contributed by atoms with Crippen molar-refractivity contribution >= 4 is 22.8 Å². The van der Waals surface area contributed by atoms with Gasteiger partial charge in [0, 0.05) is 5.54 Å². The summed E-state index contributed by atoms with van der Waals surface area (Å²) in [5.74, 6) is 1.52. The molecule has 0 saturated heterocycles. The normalized spacial score (nSPS) is 16.9. The highest BCUT2D eigenvalue weighted by Crippen LogP contribution is 2.40. The average molecular weight is 380 g/mol. The van der Waals surface area contributed by atoms with E-state index < -0.39 is 0 Å². The molecule has 0 unspecified atom stereocenters. The number of ether oxygens (including phenoxy) is 1. The Balaban J connectivity index is 1.54. The van der Waals surface area contributed by atoms with E-state index in [4.69, 9.17) is 9.15 Å². The van der Waals surface area contributed by atoms with E-state index in [0.29, 0.717) is 47.2 Å². The Kier molecular flexibility index (Phi) is 3.55. The number of rotatable bonds is 4. The van der Waals surface area contributed by atoms with Crippen LogP contribution in [0.1, 0.15) is 47.1 Å². The molecule has 144 valence electrons. The standard InChI is InChI=1S/C19H20N6O3/c1-10-13(14-15(24-19(2)4-5-19)21-9-23-17(14)28-10)18(26)25-6-11-12(7-25)20-8-22-16(11)27-3/h8-9H,4-7H2,1-3H3,(H,21,23,24). The van der Waals surface area contributed by atoms with Gasteiger partial charge in [-0.15, -0.1) is 0 Å². The number of hydrogen-bond donors (Lipinski definition) is 1. The third kappa shape index (κ3) is 2.57. The van der Waals surface area contributed by atoms with Crippen molar-refractivity contribution in [2.45, 2.75) is 45.3 Å². The van der Waals surface area contributed by atoms with Gasteiger partial charge >= 0.3 is 0 Å². The summed E-state index contributed by atoms with van der Waals surface area (Å²) in [6, 6.07) is 0. The van der Waals surface area contributed by atoms with E-state index in [-0.39, 0.29) is 11.4 Å². The van der Waals surface area contributed by atoms with Crippen LogP contribution in [0.3, 0.4) is 0 Å². The highest BCUT2D eigenvalue weighted by molar-refractivity contribution is 6.10. The fourth-order valence-electron chi connectivity index (χ4n) is 3.63. The van der Waals surface area contributed by atoms with E-state index in [1.54, 1.807) is 18.9 Å². The molecule has 28 heavy (non-hydrogen) atoms. The zero-order valence-electron chi connectivity index (χ0n) is 15.9. The van der Waals surface area contributed by atoms with E-state index in [1.807, 2.05) is 0 Å². The average Bonchev–Trinajstić information content (AvgIpc) is 3.11. The lowest BCUT2D eigenvalue weighted by Gasteiger charge is -2.16. The van der Waals surface area contributed by atoms with Gasteiger partial charge in [0.25, 0.3) is 5.91 Å². The van der Waals surface area contributed by atoms with Gasteiger partial charge in [-0.05, 0) is 26.7 Å². The monoisotopic (exact) mass is 380 g/mol. The fraction of sp³-hybridized carbons (Fsp3) is 0.421. The lowest BCUT2D eigenvalue weighted by molar-refractivity contribution is 0.0750. The van der Waals surface area contributed by atoms with Gasteiger partial charge in [-0.1, -0.05) is 0 Å². The fourth-order valence-corrected chi connectivity index (χ4v) is 3.63. The quantitative estimate of drug-likeness (QED) is 0.736. The molecule has 0 radical (unpaired) electrons. The summed E-state index contributed by atoms with van der Waals surface area (Å²) in [6.07, 6.45) is 5.05. The molecule has 1 amide bonds. The zero-order valence-corrected chi connectivity index (χ0v) is 15.9. The Bertz CT molecular complexity index is 1100. The Hall–Kier alpha value is -3.23. The smallest absolute Gasteiger partial charge is 0.258 e. The van der Waals surface area contributed by atoms with Gasteiger partial charge in [0.15, 0.2) is 0 Å². The minimum atomic E-state index is -0.143. The maximum Gasteiger partial charge on any atom is 0.258 e. The molecule has 4 heterocycles. The molecule has 9 heteroatoms. The van der Waals surface area contributed by atoms with Crippen LogP contribution < -0.4 is 10.1 Å². The number of aromatic nitrogens is 4. The maximum absolute atomic E-state index is 13.4. The number of fused-ring (bicyclic) bond motifs is 2. The van der Waals surface area contributed by atoms with Gasteiger partial charge in [0.05, 0.1) is 42.4 Å². The number of carbonyl (C=O) groups is 1. The molecule has 9 nitrogen and oxygen atoms in total. The highest BCUT2D eigenvalue weighted by atomic mass is 16.5. The number of carbonyl (C=O) groups excluding carboxylic acids is 1. The van der Waals surface area contributed by atoms with E-state index in [2.05, 4.69) is 32.2 Å². The number of aryl methyl sites for hydroxylation is 1. The number of anilines is 1. The third-order valence-corrected chi connectivity index (χ3v) is 5.46. The summed E-state index contributed by atoms with van der Waals surface area (Å²) in [7, 11) is 1.56. The molecule has 5 rings (SSSR count). The molecular formula is C19H20N6O3. The van der Waals surface area contributed by atoms with Gasteiger partial charge in [-0.25, -0.2) is 19.9 Å². The topological polar surface area (TPSA) is 106 Å². The Morgan fingerprint density at radius 2 is 2.00 bits per heavy atom. The van der Waals surface area contributed by atoms with Crippen LogP contribution in [0, 0.1) is 6.92 Å². The summed E-state index contributed by atoms with van der Waals surface area (Å²) in [5, 5.41) is 4.08. The molecule has 1 aliphatic carbocycles. The number of amides is 1. The molecule has 1 fully saturated rings. The molecule has 2 aliphatic rings. The number of furan rings is 1. The zero-order chi connectivity index (χ0) is 19.5. The predicted octanol–water partition coefficient (Wildman–Crippen LogP) is 2.45. The van der Waals surface area contributed by atoms with Crippen molar-refractivity contribution in [2.24, 2.45) is 0 Å². The van der Waals surface area contributed by atoms with Gasteiger partial charge in [-0.2, -0.15) is 0 Å². The van der Waals surface area contributed by atoms with Gasteiger partial charge in [0.2, 0.25) is 11.6 Å². The van der Waals surface area contributed by atoms with Crippen molar-refractivity contribution in [2.75, 3.05) is 12.4 Å². The van der Waals surface area contributed by atoms with Crippen LogP contribution >= 0.6 is 0 Å². The van der Waals surface area contributed by atoms with E-state index in [1.165, 1.54) is 12.7 Å². The lowest BCUT2D eigenvalue weighted by atomic mass is 10.1. The molecule has 1 N–H and O–H groups in total. The van der Waals surface area contributed by atoms with E-state index >= 15 is 0 Å². The van der Waals surface area contributed by atoms with Gasteiger partial charge in [-0.3, -0.25) is 4.79 Å². The summed E-state index contributed by atoms with van der Waals surface area (Å²) < 4.78 is 11.1.